The van der Waals surface area contributed by atoms with Gasteiger partial charge in [0.25, 0.3) is 5.69 Å². The Morgan fingerprint density at radius 1 is 1.17 bits per heavy atom. The summed E-state index contributed by atoms with van der Waals surface area (Å²) in [6.07, 6.45) is 2.82. The molecule has 1 heterocycles. The van der Waals surface area contributed by atoms with Gasteiger partial charge in [0.1, 0.15) is 17.1 Å². The molecule has 0 saturated heterocycles. The maximum Gasteiger partial charge on any atom is 0.270 e. The Morgan fingerprint density at radius 3 is 2.52 bits per heavy atom. The SMILES string of the molecule is CCCCc1oc2ccc([N+](=O)[O-])cc2c1C(=O)c1ccc(OC(=N)CC)cc1. The molecule has 0 spiro atoms. The number of unbranched alkanes of at least 4 members (excludes halogenated alkanes) is 1. The van der Waals surface area contributed by atoms with Gasteiger partial charge in [-0.05, 0) is 36.8 Å². The van der Waals surface area contributed by atoms with E-state index in [9.17, 15) is 14.9 Å². The zero-order chi connectivity index (χ0) is 21.0. The highest BCUT2D eigenvalue weighted by atomic mass is 16.6. The second kappa shape index (κ2) is 8.68. The molecule has 29 heavy (non-hydrogen) atoms. The normalized spacial score (nSPS) is 10.8. The highest BCUT2D eigenvalue weighted by Crippen LogP contribution is 2.32. The summed E-state index contributed by atoms with van der Waals surface area (Å²) in [6, 6.07) is 10.8. The van der Waals surface area contributed by atoms with Crippen LogP contribution < -0.4 is 4.74 Å². The first-order valence-corrected chi connectivity index (χ1v) is 9.54. The minimum absolute atomic E-state index is 0.0868. The fourth-order valence-corrected chi connectivity index (χ4v) is 3.05. The van der Waals surface area contributed by atoms with Gasteiger partial charge < -0.3 is 9.15 Å². The molecular formula is C22H22N2O5. The molecule has 7 nitrogen and oxygen atoms in total. The number of benzene rings is 2. The molecule has 150 valence electrons. The Kier molecular flexibility index (Phi) is 6.07. The number of nitrogens with one attached hydrogen (secondary N) is 1. The van der Waals surface area contributed by atoms with Gasteiger partial charge in [0.15, 0.2) is 11.7 Å². The zero-order valence-electron chi connectivity index (χ0n) is 16.4. The van der Waals surface area contributed by atoms with Crippen LogP contribution in [-0.4, -0.2) is 16.6 Å². The van der Waals surface area contributed by atoms with E-state index >= 15 is 0 Å². The van der Waals surface area contributed by atoms with E-state index in [1.807, 2.05) is 13.8 Å². The maximum absolute atomic E-state index is 13.3. The number of rotatable bonds is 8. The van der Waals surface area contributed by atoms with Gasteiger partial charge in [-0.1, -0.05) is 20.3 Å². The van der Waals surface area contributed by atoms with Crippen molar-refractivity contribution in [3.05, 3.63) is 69.5 Å². The van der Waals surface area contributed by atoms with Crippen molar-refractivity contribution in [2.75, 3.05) is 0 Å². The van der Waals surface area contributed by atoms with Crippen molar-refractivity contribution < 1.29 is 18.9 Å². The lowest BCUT2D eigenvalue weighted by Gasteiger charge is -2.07. The third-order valence-corrected chi connectivity index (χ3v) is 4.62. The molecule has 1 N–H and O–H groups in total. The fourth-order valence-electron chi connectivity index (χ4n) is 3.05. The number of fused-ring (bicyclic) bond motifs is 1. The second-order valence-electron chi connectivity index (χ2n) is 6.67. The summed E-state index contributed by atoms with van der Waals surface area (Å²) in [5.41, 5.74) is 1.16. The van der Waals surface area contributed by atoms with Crippen LogP contribution in [-0.2, 0) is 6.42 Å². The number of aryl methyl sites for hydroxylation is 1. The molecule has 3 aromatic rings. The smallest absolute Gasteiger partial charge is 0.270 e. The number of ketones is 1. The Bertz CT molecular complexity index is 1070. The number of furan rings is 1. The van der Waals surface area contributed by atoms with Gasteiger partial charge in [0.05, 0.1) is 10.5 Å². The molecule has 2 aromatic carbocycles. The van der Waals surface area contributed by atoms with E-state index in [2.05, 4.69) is 0 Å². The van der Waals surface area contributed by atoms with Crippen LogP contribution in [0.1, 0.15) is 54.8 Å². The number of nitrogens with zero attached hydrogens (tertiary/aromatic N) is 1. The van der Waals surface area contributed by atoms with Crippen molar-refractivity contribution >= 4 is 28.3 Å². The van der Waals surface area contributed by atoms with Crippen LogP contribution in [0.4, 0.5) is 5.69 Å². The van der Waals surface area contributed by atoms with Gasteiger partial charge in [0.2, 0.25) is 0 Å². The van der Waals surface area contributed by atoms with Gasteiger partial charge in [-0.3, -0.25) is 20.3 Å². The van der Waals surface area contributed by atoms with Crippen molar-refractivity contribution in [2.24, 2.45) is 0 Å². The summed E-state index contributed by atoms with van der Waals surface area (Å²) in [7, 11) is 0. The molecule has 0 atom stereocenters. The highest BCUT2D eigenvalue weighted by molar-refractivity contribution is 6.17. The highest BCUT2D eigenvalue weighted by Gasteiger charge is 2.23. The quantitative estimate of drug-likeness (QED) is 0.174. The lowest BCUT2D eigenvalue weighted by molar-refractivity contribution is -0.384. The number of hydrogen-bond acceptors (Lipinski definition) is 6. The van der Waals surface area contributed by atoms with Gasteiger partial charge in [-0.2, -0.15) is 0 Å². The lowest BCUT2D eigenvalue weighted by atomic mass is 9.98. The first kappa shape index (κ1) is 20.3. The van der Waals surface area contributed by atoms with Crippen LogP contribution in [0.5, 0.6) is 5.75 Å². The lowest BCUT2D eigenvalue weighted by Crippen LogP contribution is -2.06. The van der Waals surface area contributed by atoms with Crippen molar-refractivity contribution in [1.82, 2.24) is 0 Å². The van der Waals surface area contributed by atoms with Crippen LogP contribution >= 0.6 is 0 Å². The first-order valence-electron chi connectivity index (χ1n) is 9.54. The minimum atomic E-state index is -0.485. The van der Waals surface area contributed by atoms with Crippen molar-refractivity contribution in [3.8, 4) is 5.75 Å². The number of nitro benzene ring substituents is 1. The average Bonchev–Trinajstić information content (AvgIpc) is 3.09. The van der Waals surface area contributed by atoms with E-state index in [0.717, 1.165) is 12.8 Å². The first-order chi connectivity index (χ1) is 13.9. The maximum atomic E-state index is 13.3. The van der Waals surface area contributed by atoms with E-state index in [-0.39, 0.29) is 17.4 Å². The van der Waals surface area contributed by atoms with Crippen LogP contribution in [0, 0.1) is 15.5 Å². The molecule has 1 aromatic heterocycles. The van der Waals surface area contributed by atoms with Crippen molar-refractivity contribution in [3.63, 3.8) is 0 Å². The van der Waals surface area contributed by atoms with Crippen molar-refractivity contribution in [2.45, 2.75) is 39.5 Å². The molecule has 0 bridgehead atoms. The molecule has 0 amide bonds. The van der Waals surface area contributed by atoms with Gasteiger partial charge >= 0.3 is 0 Å². The van der Waals surface area contributed by atoms with E-state index in [0.29, 0.717) is 46.4 Å². The molecule has 0 aliphatic carbocycles. The predicted molar refractivity (Wildman–Crippen MR) is 110 cm³/mol. The summed E-state index contributed by atoms with van der Waals surface area (Å²) in [5.74, 6) is 0.902. The molecule has 0 radical (unpaired) electrons. The van der Waals surface area contributed by atoms with Crippen LogP contribution in [0.15, 0.2) is 46.9 Å². The van der Waals surface area contributed by atoms with Crippen LogP contribution in [0.2, 0.25) is 0 Å². The standard InChI is InChI=1S/C22H22N2O5/c1-3-5-6-19-21(17-13-15(24(26)27)9-12-18(17)29-19)22(25)14-7-10-16(11-8-14)28-20(23)4-2/h7-13,23H,3-6H2,1-2H3. The Hall–Kier alpha value is -3.48. The summed E-state index contributed by atoms with van der Waals surface area (Å²) in [4.78, 5) is 24.0. The molecule has 0 aliphatic rings. The number of carbonyl (C=O) groups excluding carboxylic acids is 1. The molecule has 0 unspecified atom stereocenters. The number of hydrogen-bond donors (Lipinski definition) is 1. The zero-order valence-corrected chi connectivity index (χ0v) is 16.4. The predicted octanol–water partition coefficient (Wildman–Crippen LogP) is 5.68. The van der Waals surface area contributed by atoms with Gasteiger partial charge in [0, 0.05) is 35.9 Å². The molecule has 7 heteroatoms. The van der Waals surface area contributed by atoms with E-state index in [1.54, 1.807) is 24.3 Å². The molecule has 0 aliphatic heterocycles. The van der Waals surface area contributed by atoms with Crippen molar-refractivity contribution in [1.29, 1.82) is 5.41 Å². The Balaban J connectivity index is 2.03. The summed E-state index contributed by atoms with van der Waals surface area (Å²) in [6.45, 7) is 3.86. The molecule has 0 saturated carbocycles. The minimum Gasteiger partial charge on any atom is -0.460 e. The van der Waals surface area contributed by atoms with Gasteiger partial charge in [-0.15, -0.1) is 0 Å². The summed E-state index contributed by atoms with van der Waals surface area (Å²) < 4.78 is 11.2. The van der Waals surface area contributed by atoms with Gasteiger partial charge in [-0.25, -0.2) is 0 Å². The molecule has 3 rings (SSSR count). The molecule has 0 fully saturated rings. The Morgan fingerprint density at radius 2 is 1.90 bits per heavy atom. The van der Waals surface area contributed by atoms with E-state index in [4.69, 9.17) is 14.6 Å². The largest absolute Gasteiger partial charge is 0.460 e. The average molecular weight is 394 g/mol. The topological polar surface area (TPSA) is 106 Å². The third kappa shape index (κ3) is 4.34. The summed E-state index contributed by atoms with van der Waals surface area (Å²) in [5, 5.41) is 19.2. The Labute approximate surface area is 167 Å². The number of ether oxygens (including phenoxy) is 1. The number of non-ortho nitro benzene ring substituents is 1. The molecular weight excluding hydrogens is 372 g/mol. The van der Waals surface area contributed by atoms with Crippen LogP contribution in [0.3, 0.4) is 0 Å². The van der Waals surface area contributed by atoms with E-state index < -0.39 is 4.92 Å². The fraction of sp³-hybridized carbons (Fsp3) is 0.273. The van der Waals surface area contributed by atoms with Crippen LogP contribution in [0.25, 0.3) is 11.0 Å². The number of carbonyl (C=O) groups is 1. The van der Waals surface area contributed by atoms with E-state index in [1.165, 1.54) is 18.2 Å². The number of nitro groups is 1. The third-order valence-electron chi connectivity index (χ3n) is 4.62. The monoisotopic (exact) mass is 394 g/mol. The second-order valence-corrected chi connectivity index (χ2v) is 6.67. The summed E-state index contributed by atoms with van der Waals surface area (Å²) >= 11 is 0.